The van der Waals surface area contributed by atoms with Crippen LogP contribution in [0.2, 0.25) is 0 Å². The molecule has 0 amide bonds. The van der Waals surface area contributed by atoms with Crippen molar-refractivity contribution in [2.24, 2.45) is 23.2 Å². The average Bonchev–Trinajstić information content (AvgIpc) is 2.47. The number of sulfone groups is 1. The van der Waals surface area contributed by atoms with Crippen LogP contribution in [0.1, 0.15) is 49.5 Å². The molecular weight excluding hydrogens is 324 g/mol. The van der Waals surface area contributed by atoms with Crippen molar-refractivity contribution in [3.05, 3.63) is 35.4 Å². The molecule has 4 atom stereocenters. The lowest BCUT2D eigenvalue weighted by Gasteiger charge is -2.61. The molecule has 4 nitrogen and oxygen atoms in total. The Balaban J connectivity index is 1.64. The second kappa shape index (κ2) is 5.87. The van der Waals surface area contributed by atoms with Gasteiger partial charge in [0.15, 0.2) is 9.84 Å². The Kier molecular flexibility index (Phi) is 4.27. The lowest BCUT2D eigenvalue weighted by atomic mass is 9.45. The monoisotopic (exact) mass is 350 g/mol. The standard InChI is InChI=1S/C19H26O4S/c1-12-16-9-15(19(16,2)3)10-17(12)23-18(20)14-7-5-13(6-8-14)11-24(4,21)22/h5-8,12,15-17H,9-11H2,1-4H3/t12-,15+,16+,17+/m0/s1. The molecule has 3 aliphatic rings. The molecule has 0 spiro atoms. The number of fused-ring (bicyclic) bond motifs is 2. The van der Waals surface area contributed by atoms with Crippen LogP contribution in [0.4, 0.5) is 0 Å². The zero-order chi connectivity index (χ0) is 17.7. The molecule has 24 heavy (non-hydrogen) atoms. The molecule has 0 aliphatic heterocycles. The fourth-order valence-electron chi connectivity index (χ4n) is 4.50. The van der Waals surface area contributed by atoms with E-state index in [0.717, 1.165) is 6.42 Å². The van der Waals surface area contributed by atoms with Crippen molar-refractivity contribution in [3.63, 3.8) is 0 Å². The Bertz CT molecular complexity index is 733. The minimum absolute atomic E-state index is 0.00929. The van der Waals surface area contributed by atoms with E-state index in [2.05, 4.69) is 20.8 Å². The van der Waals surface area contributed by atoms with Crippen LogP contribution in [0.15, 0.2) is 24.3 Å². The molecule has 1 aromatic rings. The van der Waals surface area contributed by atoms with Crippen molar-refractivity contribution in [1.82, 2.24) is 0 Å². The van der Waals surface area contributed by atoms with Crippen LogP contribution in [0.3, 0.4) is 0 Å². The molecule has 1 aromatic carbocycles. The summed E-state index contributed by atoms with van der Waals surface area (Å²) in [5.41, 5.74) is 1.54. The van der Waals surface area contributed by atoms with Crippen molar-refractivity contribution >= 4 is 15.8 Å². The van der Waals surface area contributed by atoms with Gasteiger partial charge in [-0.05, 0) is 53.7 Å². The zero-order valence-electron chi connectivity index (χ0n) is 14.8. The number of hydrogen-bond acceptors (Lipinski definition) is 4. The quantitative estimate of drug-likeness (QED) is 0.780. The van der Waals surface area contributed by atoms with Crippen molar-refractivity contribution in [1.29, 1.82) is 0 Å². The second-order valence-electron chi connectivity index (χ2n) is 8.17. The van der Waals surface area contributed by atoms with Crippen molar-refractivity contribution < 1.29 is 17.9 Å². The summed E-state index contributed by atoms with van der Waals surface area (Å²) in [6, 6.07) is 6.67. The highest BCUT2D eigenvalue weighted by Gasteiger charge is 2.57. The Morgan fingerprint density at radius 1 is 1.21 bits per heavy atom. The van der Waals surface area contributed by atoms with Gasteiger partial charge in [0, 0.05) is 6.26 Å². The number of rotatable bonds is 4. The van der Waals surface area contributed by atoms with E-state index >= 15 is 0 Å². The summed E-state index contributed by atoms with van der Waals surface area (Å²) in [5.74, 6) is 1.34. The molecule has 3 saturated carbocycles. The Labute approximate surface area is 144 Å². The van der Waals surface area contributed by atoms with Gasteiger partial charge in [-0.15, -0.1) is 0 Å². The number of benzene rings is 1. The first kappa shape index (κ1) is 17.5. The van der Waals surface area contributed by atoms with Gasteiger partial charge in [-0.1, -0.05) is 32.9 Å². The first-order chi connectivity index (χ1) is 11.1. The first-order valence-corrected chi connectivity index (χ1v) is 10.6. The predicted molar refractivity (Wildman–Crippen MR) is 93.4 cm³/mol. The first-order valence-electron chi connectivity index (χ1n) is 8.55. The maximum atomic E-state index is 12.4. The van der Waals surface area contributed by atoms with Crippen molar-refractivity contribution in [3.8, 4) is 0 Å². The van der Waals surface area contributed by atoms with E-state index in [4.69, 9.17) is 4.74 Å². The summed E-state index contributed by atoms with van der Waals surface area (Å²) < 4.78 is 28.4. The predicted octanol–water partition coefficient (Wildman–Crippen LogP) is 3.46. The molecule has 3 fully saturated rings. The third-order valence-corrected chi connectivity index (χ3v) is 7.02. The summed E-state index contributed by atoms with van der Waals surface area (Å²) in [6.45, 7) is 6.83. The number of carbonyl (C=O) groups excluding carboxylic acids is 1. The van der Waals surface area contributed by atoms with E-state index in [9.17, 15) is 13.2 Å². The number of hydrogen-bond donors (Lipinski definition) is 0. The minimum atomic E-state index is -3.07. The van der Waals surface area contributed by atoms with Crippen LogP contribution in [0, 0.1) is 23.2 Å². The molecule has 2 bridgehead atoms. The van der Waals surface area contributed by atoms with E-state index in [1.807, 2.05) is 0 Å². The van der Waals surface area contributed by atoms with Gasteiger partial charge < -0.3 is 4.74 Å². The number of esters is 1. The van der Waals surface area contributed by atoms with Crippen molar-refractivity contribution in [2.45, 2.75) is 45.5 Å². The summed E-state index contributed by atoms with van der Waals surface area (Å²) in [6.07, 6.45) is 3.39. The van der Waals surface area contributed by atoms with Crippen LogP contribution in [-0.2, 0) is 20.3 Å². The van der Waals surface area contributed by atoms with E-state index < -0.39 is 9.84 Å². The topological polar surface area (TPSA) is 60.4 Å². The molecular formula is C19H26O4S. The molecule has 132 valence electrons. The van der Waals surface area contributed by atoms with Crippen LogP contribution in [-0.4, -0.2) is 26.7 Å². The summed E-state index contributed by atoms with van der Waals surface area (Å²) in [4.78, 5) is 12.4. The highest BCUT2D eigenvalue weighted by molar-refractivity contribution is 7.89. The molecule has 4 rings (SSSR count). The van der Waals surface area contributed by atoms with Crippen LogP contribution in [0.5, 0.6) is 0 Å². The zero-order valence-corrected chi connectivity index (χ0v) is 15.6. The van der Waals surface area contributed by atoms with E-state index in [1.54, 1.807) is 24.3 Å². The molecule has 5 heteroatoms. The van der Waals surface area contributed by atoms with E-state index in [1.165, 1.54) is 12.7 Å². The Morgan fingerprint density at radius 3 is 2.33 bits per heavy atom. The van der Waals surface area contributed by atoms with Gasteiger partial charge in [0.2, 0.25) is 0 Å². The largest absolute Gasteiger partial charge is 0.458 e. The third-order valence-electron chi connectivity index (χ3n) is 6.16. The molecule has 0 N–H and O–H groups in total. The Hall–Kier alpha value is -1.36. The number of ether oxygens (including phenoxy) is 1. The number of carbonyl (C=O) groups is 1. The van der Waals surface area contributed by atoms with Crippen LogP contribution >= 0.6 is 0 Å². The van der Waals surface area contributed by atoms with Crippen molar-refractivity contribution in [2.75, 3.05) is 6.26 Å². The van der Waals surface area contributed by atoms with E-state index in [-0.39, 0.29) is 17.8 Å². The van der Waals surface area contributed by atoms with Gasteiger partial charge in [0.25, 0.3) is 0 Å². The average molecular weight is 350 g/mol. The van der Waals surface area contributed by atoms with Gasteiger partial charge >= 0.3 is 5.97 Å². The SMILES string of the molecule is C[C@H]1[C@H]2C[C@H](C[C@H]1OC(=O)c1ccc(CS(C)(=O)=O)cc1)C2(C)C. The fourth-order valence-corrected chi connectivity index (χ4v) is 5.30. The van der Waals surface area contributed by atoms with Crippen LogP contribution < -0.4 is 0 Å². The summed E-state index contributed by atoms with van der Waals surface area (Å²) >= 11 is 0. The van der Waals surface area contributed by atoms with Crippen LogP contribution in [0.25, 0.3) is 0 Å². The summed E-state index contributed by atoms with van der Waals surface area (Å²) in [5, 5.41) is 0. The van der Waals surface area contributed by atoms with Gasteiger partial charge in [-0.2, -0.15) is 0 Å². The molecule has 0 unspecified atom stereocenters. The minimum Gasteiger partial charge on any atom is -0.458 e. The van der Waals surface area contributed by atoms with Gasteiger partial charge in [0.05, 0.1) is 11.3 Å². The maximum absolute atomic E-state index is 12.4. The lowest BCUT2D eigenvalue weighted by molar-refractivity contribution is -0.156. The normalized spacial score (nSPS) is 31.2. The Morgan fingerprint density at radius 2 is 1.83 bits per heavy atom. The second-order valence-corrected chi connectivity index (χ2v) is 10.3. The van der Waals surface area contributed by atoms with Gasteiger partial charge in [-0.3, -0.25) is 0 Å². The summed E-state index contributed by atoms with van der Waals surface area (Å²) in [7, 11) is -3.07. The third kappa shape index (κ3) is 3.23. The van der Waals surface area contributed by atoms with Gasteiger partial charge in [0.1, 0.15) is 6.10 Å². The molecule has 0 heterocycles. The molecule has 0 aromatic heterocycles. The fraction of sp³-hybridized carbons (Fsp3) is 0.632. The molecule has 0 saturated heterocycles. The van der Waals surface area contributed by atoms with E-state index in [0.29, 0.717) is 34.3 Å². The highest BCUT2D eigenvalue weighted by atomic mass is 32.2. The highest BCUT2D eigenvalue weighted by Crippen LogP contribution is 2.61. The van der Waals surface area contributed by atoms with Gasteiger partial charge in [-0.25, -0.2) is 13.2 Å². The molecule has 3 aliphatic carbocycles. The maximum Gasteiger partial charge on any atom is 0.338 e. The lowest BCUT2D eigenvalue weighted by Crippen LogP contribution is -2.57. The smallest absolute Gasteiger partial charge is 0.338 e. The molecule has 0 radical (unpaired) electrons.